The number of nitrogens with one attached hydrogen (secondary N) is 2. The van der Waals surface area contributed by atoms with E-state index in [9.17, 15) is 18.5 Å². The summed E-state index contributed by atoms with van der Waals surface area (Å²) in [4.78, 5) is 12.9. The van der Waals surface area contributed by atoms with Gasteiger partial charge >= 0.3 is 5.82 Å². The molecule has 0 aliphatic carbocycles. The Morgan fingerprint density at radius 3 is 2.61 bits per heavy atom. The lowest BCUT2D eigenvalue weighted by atomic mass is 10.5. The molecule has 0 amide bonds. The van der Waals surface area contributed by atoms with Crippen molar-refractivity contribution in [2.45, 2.75) is 4.90 Å². The number of nitrogens with zero attached hydrogens (tertiary/aromatic N) is 3. The fourth-order valence-corrected chi connectivity index (χ4v) is 2.12. The van der Waals surface area contributed by atoms with Gasteiger partial charge in [-0.25, -0.2) is 8.42 Å². The van der Waals surface area contributed by atoms with Crippen LogP contribution in [0.2, 0.25) is 0 Å². The number of hydrogen-bond donors (Lipinski definition) is 2. The van der Waals surface area contributed by atoms with Gasteiger partial charge in [-0.3, -0.25) is 9.82 Å². The van der Waals surface area contributed by atoms with Gasteiger partial charge in [0.1, 0.15) is 10.7 Å². The van der Waals surface area contributed by atoms with Crippen LogP contribution in [0.1, 0.15) is 0 Å². The fraction of sp³-hybridized carbons (Fsp3) is 0. The Bertz CT molecular complexity index is 649. The third kappa shape index (κ3) is 2.43. The molecule has 0 aliphatic heterocycles. The highest BCUT2D eigenvalue weighted by Crippen LogP contribution is 2.15. The summed E-state index contributed by atoms with van der Waals surface area (Å²) >= 11 is 0. The molecule has 0 saturated heterocycles. The van der Waals surface area contributed by atoms with Gasteiger partial charge in [0.25, 0.3) is 10.0 Å². The number of aromatic nitrogens is 3. The van der Waals surface area contributed by atoms with Gasteiger partial charge in [0.2, 0.25) is 0 Å². The average molecular weight is 269 g/mol. The Morgan fingerprint density at radius 1 is 1.33 bits per heavy atom. The normalized spacial score (nSPS) is 11.1. The summed E-state index contributed by atoms with van der Waals surface area (Å²) in [6.07, 6.45) is 2.29. The summed E-state index contributed by atoms with van der Waals surface area (Å²) < 4.78 is 25.8. The second-order valence-corrected chi connectivity index (χ2v) is 4.87. The molecule has 2 N–H and O–H groups in total. The lowest BCUT2D eigenvalue weighted by Gasteiger charge is -2.03. The van der Waals surface area contributed by atoms with Crippen molar-refractivity contribution in [3.05, 3.63) is 40.7 Å². The highest BCUT2D eigenvalue weighted by molar-refractivity contribution is 7.92. The fourth-order valence-electron chi connectivity index (χ4n) is 1.16. The van der Waals surface area contributed by atoms with E-state index in [0.29, 0.717) is 0 Å². The zero-order valence-corrected chi connectivity index (χ0v) is 9.59. The molecular formula is C8H7N5O4S. The molecule has 0 spiro atoms. The van der Waals surface area contributed by atoms with Gasteiger partial charge in [0, 0.05) is 12.1 Å². The summed E-state index contributed by atoms with van der Waals surface area (Å²) in [6.45, 7) is 0. The van der Waals surface area contributed by atoms with Crippen molar-refractivity contribution in [1.29, 1.82) is 0 Å². The number of H-pyrrole nitrogens is 1. The number of nitro groups is 1. The van der Waals surface area contributed by atoms with Gasteiger partial charge in [-0.15, -0.1) is 0 Å². The van der Waals surface area contributed by atoms with Crippen LogP contribution in [0.3, 0.4) is 0 Å². The Labute approximate surface area is 101 Å². The van der Waals surface area contributed by atoms with Gasteiger partial charge in [-0.2, -0.15) is 5.10 Å². The zero-order valence-electron chi connectivity index (χ0n) is 8.77. The van der Waals surface area contributed by atoms with Crippen LogP contribution in [0.4, 0.5) is 11.6 Å². The summed E-state index contributed by atoms with van der Waals surface area (Å²) in [5.74, 6) is -0.233. The van der Waals surface area contributed by atoms with Gasteiger partial charge < -0.3 is 10.1 Å². The van der Waals surface area contributed by atoms with Gasteiger partial charge in [-0.1, -0.05) is 0 Å². The molecule has 0 radical (unpaired) electrons. The van der Waals surface area contributed by atoms with E-state index in [0.717, 1.165) is 18.3 Å². The smallest absolute Gasteiger partial charge is 0.358 e. The molecule has 10 heteroatoms. The lowest BCUT2D eigenvalue weighted by Crippen LogP contribution is -2.13. The van der Waals surface area contributed by atoms with Crippen LogP contribution in [-0.2, 0) is 10.0 Å². The van der Waals surface area contributed by atoms with Crippen LogP contribution < -0.4 is 4.72 Å². The first-order valence-electron chi connectivity index (χ1n) is 4.62. The second-order valence-electron chi connectivity index (χ2n) is 3.19. The molecule has 0 saturated carbocycles. The molecule has 0 unspecified atom stereocenters. The van der Waals surface area contributed by atoms with E-state index in [1.54, 1.807) is 0 Å². The first-order chi connectivity index (χ1) is 8.49. The number of sulfonamides is 1. The van der Waals surface area contributed by atoms with Crippen molar-refractivity contribution in [3.63, 3.8) is 0 Å². The SMILES string of the molecule is O=[N+]([O-])c1ccc(S(=O)(=O)Nc2ccn[nH]2)cn1. The van der Waals surface area contributed by atoms with Crippen molar-refractivity contribution < 1.29 is 13.3 Å². The first-order valence-corrected chi connectivity index (χ1v) is 6.10. The van der Waals surface area contributed by atoms with Crippen LogP contribution in [-0.4, -0.2) is 28.5 Å². The maximum atomic E-state index is 11.8. The first kappa shape index (κ1) is 12.0. The number of rotatable bonds is 4. The average Bonchev–Trinajstić information content (AvgIpc) is 2.81. The van der Waals surface area contributed by atoms with Crippen LogP contribution in [0.25, 0.3) is 0 Å². The predicted molar refractivity (Wildman–Crippen MR) is 60.3 cm³/mol. The Morgan fingerprint density at radius 2 is 2.11 bits per heavy atom. The minimum atomic E-state index is -3.83. The third-order valence-electron chi connectivity index (χ3n) is 1.96. The maximum absolute atomic E-state index is 11.8. The maximum Gasteiger partial charge on any atom is 0.363 e. The molecule has 0 atom stereocenters. The molecule has 0 bridgehead atoms. The van der Waals surface area contributed by atoms with E-state index >= 15 is 0 Å². The van der Waals surface area contributed by atoms with E-state index in [1.807, 2.05) is 0 Å². The van der Waals surface area contributed by atoms with Crippen molar-refractivity contribution in [2.75, 3.05) is 4.72 Å². The highest BCUT2D eigenvalue weighted by atomic mass is 32.2. The standard InChI is InChI=1S/C8H7N5O4S/c14-13(15)8-2-1-6(5-9-8)18(16,17)12-7-3-4-10-11-7/h1-5H,(H2,10,11,12). The summed E-state index contributed by atoms with van der Waals surface area (Å²) in [5.41, 5.74) is 0. The number of anilines is 1. The minimum Gasteiger partial charge on any atom is -0.358 e. The largest absolute Gasteiger partial charge is 0.363 e. The molecule has 18 heavy (non-hydrogen) atoms. The summed E-state index contributed by atoms with van der Waals surface area (Å²) in [5, 5.41) is 16.4. The van der Waals surface area contributed by atoms with E-state index in [2.05, 4.69) is 19.9 Å². The molecule has 0 aliphatic rings. The van der Waals surface area contributed by atoms with Crippen molar-refractivity contribution in [2.24, 2.45) is 0 Å². The predicted octanol–water partition coefficient (Wildman–Crippen LogP) is 0.514. The summed E-state index contributed by atoms with van der Waals surface area (Å²) in [6, 6.07) is 3.54. The molecule has 2 heterocycles. The zero-order chi connectivity index (χ0) is 13.2. The van der Waals surface area contributed by atoms with E-state index in [-0.39, 0.29) is 10.7 Å². The van der Waals surface area contributed by atoms with Crippen molar-refractivity contribution in [3.8, 4) is 0 Å². The Kier molecular flexibility index (Phi) is 2.93. The van der Waals surface area contributed by atoms with Crippen LogP contribution in [0.5, 0.6) is 0 Å². The molecule has 0 aromatic carbocycles. The van der Waals surface area contributed by atoms with Crippen LogP contribution >= 0.6 is 0 Å². The molecule has 94 valence electrons. The van der Waals surface area contributed by atoms with E-state index in [1.165, 1.54) is 12.3 Å². The monoisotopic (exact) mass is 269 g/mol. The topological polar surface area (TPSA) is 131 Å². The van der Waals surface area contributed by atoms with Crippen molar-refractivity contribution >= 4 is 21.7 Å². The van der Waals surface area contributed by atoms with Crippen LogP contribution in [0.15, 0.2) is 35.5 Å². The van der Waals surface area contributed by atoms with E-state index < -0.39 is 20.8 Å². The quantitative estimate of drug-likeness (QED) is 0.614. The highest BCUT2D eigenvalue weighted by Gasteiger charge is 2.18. The molecule has 2 aromatic heterocycles. The van der Waals surface area contributed by atoms with Gasteiger partial charge in [-0.05, 0) is 16.0 Å². The van der Waals surface area contributed by atoms with Crippen molar-refractivity contribution in [1.82, 2.24) is 15.2 Å². The van der Waals surface area contributed by atoms with E-state index in [4.69, 9.17) is 0 Å². The van der Waals surface area contributed by atoms with Gasteiger partial charge in [0.15, 0.2) is 6.20 Å². The van der Waals surface area contributed by atoms with Gasteiger partial charge in [0.05, 0.1) is 6.20 Å². The minimum absolute atomic E-state index is 0.178. The molecule has 0 fully saturated rings. The third-order valence-corrected chi connectivity index (χ3v) is 3.31. The molecule has 2 aromatic rings. The molecular weight excluding hydrogens is 262 g/mol. The number of aromatic amines is 1. The number of pyridine rings is 1. The Balaban J connectivity index is 2.27. The van der Waals surface area contributed by atoms with Crippen LogP contribution in [0, 0.1) is 10.1 Å². The second kappa shape index (κ2) is 4.41. The summed E-state index contributed by atoms with van der Waals surface area (Å²) in [7, 11) is -3.83. The molecule has 9 nitrogen and oxygen atoms in total. The molecule has 2 rings (SSSR count). The Hall–Kier alpha value is -2.49. The lowest BCUT2D eigenvalue weighted by molar-refractivity contribution is -0.389. The number of hydrogen-bond acceptors (Lipinski definition) is 6.